The summed E-state index contributed by atoms with van der Waals surface area (Å²) < 4.78 is 6.00. The van der Waals surface area contributed by atoms with E-state index in [1.54, 1.807) is 6.20 Å². The van der Waals surface area contributed by atoms with Crippen molar-refractivity contribution in [3.63, 3.8) is 0 Å². The predicted molar refractivity (Wildman–Crippen MR) is 121 cm³/mol. The Labute approximate surface area is 182 Å². The number of benzene rings is 2. The van der Waals surface area contributed by atoms with E-state index in [1.165, 1.54) is 0 Å². The minimum atomic E-state index is 0. The van der Waals surface area contributed by atoms with E-state index in [4.69, 9.17) is 10.5 Å². The summed E-state index contributed by atoms with van der Waals surface area (Å²) in [6.07, 6.45) is 5.41. The molecule has 154 valence electrons. The van der Waals surface area contributed by atoms with Gasteiger partial charge < -0.3 is 15.8 Å². The zero-order chi connectivity index (χ0) is 18.6. The Morgan fingerprint density at radius 2 is 1.83 bits per heavy atom. The monoisotopic (exact) mass is 433 g/mol. The molecule has 29 heavy (non-hydrogen) atoms. The maximum Gasteiger partial charge on any atom is 0.224 e. The number of nitrogens with one attached hydrogen (secondary N) is 1. The molecule has 1 aliphatic rings. The fourth-order valence-corrected chi connectivity index (χ4v) is 3.66. The molecule has 1 heterocycles. The van der Waals surface area contributed by atoms with Gasteiger partial charge in [-0.15, -0.1) is 24.8 Å². The van der Waals surface area contributed by atoms with Crippen LogP contribution in [0.3, 0.4) is 0 Å². The fraction of sp³-hybridized carbons (Fsp3) is 0.273. The molecule has 1 saturated carbocycles. The van der Waals surface area contributed by atoms with Gasteiger partial charge in [-0.05, 0) is 61.2 Å². The number of pyridine rings is 1. The fourth-order valence-electron chi connectivity index (χ4n) is 3.66. The number of halogens is 2. The minimum absolute atomic E-state index is 0. The number of carbonyl (C=O) groups excluding carboxylic acids is 1. The smallest absolute Gasteiger partial charge is 0.224 e. The molecule has 1 aromatic heterocycles. The molecule has 0 aliphatic heterocycles. The number of nitrogens with two attached hydrogens (primary N) is 1. The highest BCUT2D eigenvalue weighted by Crippen LogP contribution is 2.30. The molecule has 0 bridgehead atoms. The maximum absolute atomic E-state index is 12.2. The van der Waals surface area contributed by atoms with E-state index in [1.807, 2.05) is 54.6 Å². The number of hydrogen-bond donors (Lipinski definition) is 2. The number of hydrogen-bond acceptors (Lipinski definition) is 4. The molecular weight excluding hydrogens is 409 g/mol. The molecule has 3 aromatic rings. The number of ether oxygens (including phenoxy) is 1. The van der Waals surface area contributed by atoms with Gasteiger partial charge in [-0.2, -0.15) is 0 Å². The number of rotatable bonds is 5. The van der Waals surface area contributed by atoms with Crippen molar-refractivity contribution in [2.45, 2.75) is 31.7 Å². The molecule has 7 heteroatoms. The van der Waals surface area contributed by atoms with Crippen molar-refractivity contribution in [1.82, 2.24) is 4.98 Å². The molecule has 1 aliphatic carbocycles. The van der Waals surface area contributed by atoms with Crippen molar-refractivity contribution < 1.29 is 9.53 Å². The highest BCUT2D eigenvalue weighted by Gasteiger charge is 2.25. The van der Waals surface area contributed by atoms with Gasteiger partial charge in [0.1, 0.15) is 11.5 Å². The van der Waals surface area contributed by atoms with Crippen molar-refractivity contribution in [3.8, 4) is 11.5 Å². The van der Waals surface area contributed by atoms with Gasteiger partial charge in [-0.25, -0.2) is 0 Å². The van der Waals surface area contributed by atoms with Crippen LogP contribution in [0.15, 0.2) is 60.8 Å². The quantitative estimate of drug-likeness (QED) is 0.569. The second kappa shape index (κ2) is 10.4. The summed E-state index contributed by atoms with van der Waals surface area (Å²) in [5.74, 6) is 1.79. The van der Waals surface area contributed by atoms with Crippen LogP contribution >= 0.6 is 24.8 Å². The van der Waals surface area contributed by atoms with E-state index in [-0.39, 0.29) is 36.8 Å². The van der Waals surface area contributed by atoms with Gasteiger partial charge in [-0.3, -0.25) is 9.78 Å². The van der Waals surface area contributed by atoms with E-state index in [2.05, 4.69) is 10.3 Å². The van der Waals surface area contributed by atoms with Crippen molar-refractivity contribution in [3.05, 3.63) is 60.8 Å². The molecule has 2 aromatic carbocycles. The Balaban J connectivity index is 0.00000150. The molecule has 3 N–H and O–H groups in total. The van der Waals surface area contributed by atoms with Crippen molar-refractivity contribution >= 4 is 47.3 Å². The molecule has 4 rings (SSSR count). The highest BCUT2D eigenvalue weighted by atomic mass is 35.5. The van der Waals surface area contributed by atoms with Crippen LogP contribution in [-0.4, -0.2) is 16.9 Å². The van der Waals surface area contributed by atoms with Gasteiger partial charge >= 0.3 is 0 Å². The Hall–Kier alpha value is -2.34. The topological polar surface area (TPSA) is 77.2 Å². The third-order valence-electron chi connectivity index (χ3n) is 5.14. The second-order valence-electron chi connectivity index (χ2n) is 7.06. The zero-order valence-corrected chi connectivity index (χ0v) is 17.5. The largest absolute Gasteiger partial charge is 0.457 e. The maximum atomic E-state index is 12.2. The van der Waals surface area contributed by atoms with E-state index in [0.717, 1.165) is 41.6 Å². The van der Waals surface area contributed by atoms with Crippen LogP contribution in [0, 0.1) is 5.92 Å². The van der Waals surface area contributed by atoms with Crippen LogP contribution in [0.5, 0.6) is 11.5 Å². The number of fused-ring (bicyclic) bond motifs is 1. The summed E-state index contributed by atoms with van der Waals surface area (Å²) in [6.45, 7) is 0. The predicted octanol–water partition coefficient (Wildman–Crippen LogP) is 5.33. The lowest BCUT2D eigenvalue weighted by Gasteiger charge is -2.15. The molecule has 0 unspecified atom stereocenters. The Morgan fingerprint density at radius 1 is 1.07 bits per heavy atom. The van der Waals surface area contributed by atoms with Crippen LogP contribution in [0.25, 0.3) is 10.9 Å². The Morgan fingerprint density at radius 3 is 2.55 bits per heavy atom. The lowest BCUT2D eigenvalue weighted by atomic mass is 10.00. The summed E-state index contributed by atoms with van der Waals surface area (Å²) in [6, 6.07) is 17.3. The first-order valence-corrected chi connectivity index (χ1v) is 9.36. The molecule has 1 amide bonds. The lowest BCUT2D eigenvalue weighted by molar-refractivity contribution is -0.117. The number of para-hydroxylation sites is 1. The first-order valence-electron chi connectivity index (χ1n) is 9.36. The SMILES string of the molecule is Cl.Cl.N[C@@H]1CCC[C@H]1CC(=O)Nc1ccc(Oc2ccnc3ccccc23)cc1. The number of nitrogens with zero attached hydrogens (tertiary/aromatic N) is 1. The molecule has 0 saturated heterocycles. The molecule has 1 fully saturated rings. The zero-order valence-electron chi connectivity index (χ0n) is 15.9. The Kier molecular flexibility index (Phi) is 8.26. The summed E-state index contributed by atoms with van der Waals surface area (Å²) in [7, 11) is 0. The standard InChI is InChI=1S/C22H23N3O2.2ClH/c23-19-6-3-4-15(19)14-22(26)25-16-8-10-17(11-9-16)27-21-12-13-24-20-7-2-1-5-18(20)21;;/h1-2,5,7-13,15,19H,3-4,6,14,23H2,(H,25,26);2*1H/t15-,19+;;/m0../s1. The van der Waals surface area contributed by atoms with E-state index < -0.39 is 0 Å². The lowest BCUT2D eigenvalue weighted by Crippen LogP contribution is -2.28. The summed E-state index contributed by atoms with van der Waals surface area (Å²) in [5.41, 5.74) is 7.71. The summed E-state index contributed by atoms with van der Waals surface area (Å²) in [4.78, 5) is 16.6. The molecule has 0 spiro atoms. The van der Waals surface area contributed by atoms with Crippen LogP contribution in [-0.2, 0) is 4.79 Å². The first kappa shape index (κ1) is 22.9. The number of aromatic nitrogens is 1. The van der Waals surface area contributed by atoms with Crippen LogP contribution in [0.4, 0.5) is 5.69 Å². The summed E-state index contributed by atoms with van der Waals surface area (Å²) in [5, 5.41) is 3.91. The van der Waals surface area contributed by atoms with Gasteiger partial charge in [0.15, 0.2) is 0 Å². The summed E-state index contributed by atoms with van der Waals surface area (Å²) >= 11 is 0. The van der Waals surface area contributed by atoms with E-state index >= 15 is 0 Å². The van der Waals surface area contributed by atoms with Crippen LogP contribution in [0.1, 0.15) is 25.7 Å². The average Bonchev–Trinajstić information content (AvgIpc) is 3.08. The van der Waals surface area contributed by atoms with Gasteiger partial charge in [0.05, 0.1) is 5.52 Å². The Bertz CT molecular complexity index is 945. The van der Waals surface area contributed by atoms with Gasteiger partial charge in [0.2, 0.25) is 5.91 Å². The number of carbonyl (C=O) groups is 1. The first-order chi connectivity index (χ1) is 13.2. The van der Waals surface area contributed by atoms with Crippen molar-refractivity contribution in [2.24, 2.45) is 11.7 Å². The number of anilines is 1. The molecular formula is C22H25Cl2N3O2. The number of amides is 1. The second-order valence-corrected chi connectivity index (χ2v) is 7.06. The average molecular weight is 434 g/mol. The van der Waals surface area contributed by atoms with Crippen molar-refractivity contribution in [1.29, 1.82) is 0 Å². The molecule has 2 atom stereocenters. The van der Waals surface area contributed by atoms with Gasteiger partial charge in [-0.1, -0.05) is 18.6 Å². The molecule has 5 nitrogen and oxygen atoms in total. The van der Waals surface area contributed by atoms with Gasteiger partial charge in [0.25, 0.3) is 0 Å². The van der Waals surface area contributed by atoms with Crippen LogP contribution in [0.2, 0.25) is 0 Å². The van der Waals surface area contributed by atoms with Crippen LogP contribution < -0.4 is 15.8 Å². The molecule has 0 radical (unpaired) electrons. The third kappa shape index (κ3) is 5.60. The van der Waals surface area contributed by atoms with E-state index in [0.29, 0.717) is 18.1 Å². The third-order valence-corrected chi connectivity index (χ3v) is 5.14. The normalized spacial score (nSPS) is 17.8. The minimum Gasteiger partial charge on any atom is -0.457 e. The van der Waals surface area contributed by atoms with E-state index in [9.17, 15) is 4.79 Å². The van der Waals surface area contributed by atoms with Gasteiger partial charge in [0, 0.05) is 29.7 Å². The van der Waals surface area contributed by atoms with Crippen molar-refractivity contribution in [2.75, 3.05) is 5.32 Å². The highest BCUT2D eigenvalue weighted by molar-refractivity contribution is 5.91.